The minimum atomic E-state index is 0.102. The van der Waals surface area contributed by atoms with Crippen LogP contribution in [0.1, 0.15) is 56.6 Å². The number of nitrogens with zero attached hydrogens (tertiary/aromatic N) is 4. The van der Waals surface area contributed by atoms with Gasteiger partial charge in [-0.15, -0.1) is 11.3 Å². The van der Waals surface area contributed by atoms with E-state index in [1.54, 1.807) is 0 Å². The van der Waals surface area contributed by atoms with E-state index in [4.69, 9.17) is 0 Å². The monoisotopic (exact) mass is 372 g/mol. The molecule has 0 saturated carbocycles. The van der Waals surface area contributed by atoms with Crippen molar-refractivity contribution in [1.82, 2.24) is 19.7 Å². The van der Waals surface area contributed by atoms with Crippen LogP contribution in [0, 0.1) is 33.6 Å². The normalized spacial score (nSPS) is 16.9. The Morgan fingerprint density at radius 3 is 2.58 bits per heavy atom. The third kappa shape index (κ3) is 3.90. The van der Waals surface area contributed by atoms with Gasteiger partial charge in [0.2, 0.25) is 0 Å². The maximum absolute atomic E-state index is 13.3. The van der Waals surface area contributed by atoms with E-state index < -0.39 is 0 Å². The molecule has 0 N–H and O–H groups in total. The van der Waals surface area contributed by atoms with Crippen LogP contribution in [0.3, 0.4) is 0 Å². The summed E-state index contributed by atoms with van der Waals surface area (Å²) in [6.07, 6.45) is 7.80. The SMILES string of the molecule is Cc1nc(C)c(C(=O)N(Cc2c(C)nn(C)c2C)CC2CC=CCC2)s1. The van der Waals surface area contributed by atoms with Gasteiger partial charge in [0.15, 0.2) is 0 Å². The van der Waals surface area contributed by atoms with Gasteiger partial charge < -0.3 is 4.90 Å². The summed E-state index contributed by atoms with van der Waals surface area (Å²) in [5.74, 6) is 0.626. The number of carbonyl (C=O) groups excluding carboxylic acids is 1. The molecule has 5 nitrogen and oxygen atoms in total. The highest BCUT2D eigenvalue weighted by Crippen LogP contribution is 2.26. The Kier molecular flexibility index (Phi) is 5.61. The Labute approximate surface area is 159 Å². The van der Waals surface area contributed by atoms with Gasteiger partial charge in [-0.1, -0.05) is 12.2 Å². The predicted octanol–water partition coefficient (Wildman–Crippen LogP) is 4.11. The molecule has 0 saturated heterocycles. The molecule has 2 aromatic rings. The van der Waals surface area contributed by atoms with Gasteiger partial charge in [0, 0.05) is 31.4 Å². The van der Waals surface area contributed by atoms with Crippen molar-refractivity contribution >= 4 is 17.2 Å². The van der Waals surface area contributed by atoms with Crippen LogP contribution in [0.4, 0.5) is 0 Å². The van der Waals surface area contributed by atoms with Gasteiger partial charge in [-0.05, 0) is 52.9 Å². The topological polar surface area (TPSA) is 51.0 Å². The number of rotatable bonds is 5. The average molecular weight is 373 g/mol. The molecule has 6 heteroatoms. The van der Waals surface area contributed by atoms with Crippen molar-refractivity contribution in [2.75, 3.05) is 6.54 Å². The van der Waals surface area contributed by atoms with Crippen LogP contribution in [0.15, 0.2) is 12.2 Å². The van der Waals surface area contributed by atoms with E-state index in [2.05, 4.69) is 29.2 Å². The van der Waals surface area contributed by atoms with Crippen molar-refractivity contribution in [3.05, 3.63) is 44.7 Å². The van der Waals surface area contributed by atoms with E-state index in [-0.39, 0.29) is 5.91 Å². The second kappa shape index (κ2) is 7.74. The predicted molar refractivity (Wildman–Crippen MR) is 105 cm³/mol. The van der Waals surface area contributed by atoms with E-state index in [0.717, 1.165) is 58.3 Å². The molecular weight excluding hydrogens is 344 g/mol. The lowest BCUT2D eigenvalue weighted by Crippen LogP contribution is -2.35. The van der Waals surface area contributed by atoms with Crippen LogP contribution in [-0.2, 0) is 13.6 Å². The number of hydrogen-bond acceptors (Lipinski definition) is 4. The first-order valence-electron chi connectivity index (χ1n) is 9.24. The first-order valence-corrected chi connectivity index (χ1v) is 10.1. The largest absolute Gasteiger partial charge is 0.333 e. The van der Waals surface area contributed by atoms with Crippen molar-refractivity contribution in [3.63, 3.8) is 0 Å². The average Bonchev–Trinajstić information content (AvgIpc) is 3.07. The molecule has 0 aromatic carbocycles. The fourth-order valence-corrected chi connectivity index (χ4v) is 4.55. The highest BCUT2D eigenvalue weighted by molar-refractivity contribution is 7.13. The molecule has 1 aliphatic rings. The maximum atomic E-state index is 13.3. The van der Waals surface area contributed by atoms with E-state index in [1.165, 1.54) is 11.3 Å². The van der Waals surface area contributed by atoms with Crippen LogP contribution >= 0.6 is 11.3 Å². The lowest BCUT2D eigenvalue weighted by Gasteiger charge is -2.28. The molecule has 1 atom stereocenters. The number of amides is 1. The summed E-state index contributed by atoms with van der Waals surface area (Å²) in [6.45, 7) is 9.38. The highest BCUT2D eigenvalue weighted by atomic mass is 32.1. The van der Waals surface area contributed by atoms with Crippen molar-refractivity contribution in [3.8, 4) is 0 Å². The molecule has 2 aromatic heterocycles. The van der Waals surface area contributed by atoms with Crippen molar-refractivity contribution < 1.29 is 4.79 Å². The zero-order valence-corrected chi connectivity index (χ0v) is 17.2. The Balaban J connectivity index is 1.89. The summed E-state index contributed by atoms with van der Waals surface area (Å²) >= 11 is 1.50. The second-order valence-electron chi connectivity index (χ2n) is 7.26. The molecule has 0 bridgehead atoms. The summed E-state index contributed by atoms with van der Waals surface area (Å²) in [5.41, 5.74) is 4.13. The van der Waals surface area contributed by atoms with Crippen LogP contribution < -0.4 is 0 Å². The number of carbonyl (C=O) groups is 1. The Morgan fingerprint density at radius 1 is 1.27 bits per heavy atom. The quantitative estimate of drug-likeness (QED) is 0.742. The molecule has 1 unspecified atom stereocenters. The Morgan fingerprint density at radius 2 is 2.04 bits per heavy atom. The molecule has 3 rings (SSSR count). The summed E-state index contributed by atoms with van der Waals surface area (Å²) in [5, 5.41) is 5.47. The van der Waals surface area contributed by atoms with Crippen molar-refractivity contribution in [2.45, 2.75) is 53.5 Å². The minimum absolute atomic E-state index is 0.102. The van der Waals surface area contributed by atoms with E-state index in [1.807, 2.05) is 37.4 Å². The number of allylic oxidation sites excluding steroid dienone is 2. The van der Waals surface area contributed by atoms with Gasteiger partial charge in [-0.2, -0.15) is 5.10 Å². The van der Waals surface area contributed by atoms with Gasteiger partial charge in [0.25, 0.3) is 5.91 Å². The van der Waals surface area contributed by atoms with Crippen LogP contribution in [0.5, 0.6) is 0 Å². The first kappa shape index (κ1) is 18.8. The molecule has 140 valence electrons. The molecule has 0 fully saturated rings. The third-order valence-electron chi connectivity index (χ3n) is 5.25. The van der Waals surface area contributed by atoms with Gasteiger partial charge in [-0.25, -0.2) is 4.98 Å². The zero-order valence-electron chi connectivity index (χ0n) is 16.4. The number of aryl methyl sites for hydroxylation is 4. The second-order valence-corrected chi connectivity index (χ2v) is 8.46. The van der Waals surface area contributed by atoms with Crippen molar-refractivity contribution in [2.24, 2.45) is 13.0 Å². The van der Waals surface area contributed by atoms with Gasteiger partial charge in [-0.3, -0.25) is 9.48 Å². The van der Waals surface area contributed by atoms with Crippen LogP contribution in [0.2, 0.25) is 0 Å². The lowest BCUT2D eigenvalue weighted by atomic mass is 9.93. The van der Waals surface area contributed by atoms with E-state index >= 15 is 0 Å². The first-order chi connectivity index (χ1) is 12.4. The number of hydrogen-bond donors (Lipinski definition) is 0. The fourth-order valence-electron chi connectivity index (χ4n) is 3.66. The van der Waals surface area contributed by atoms with E-state index in [9.17, 15) is 4.79 Å². The smallest absolute Gasteiger partial charge is 0.266 e. The standard InChI is InChI=1S/C20H28N4OS/c1-13-18(15(3)23(5)22-13)12-24(11-17-9-7-6-8-10-17)20(25)19-14(2)21-16(4)26-19/h6-7,17H,8-12H2,1-5H3. The van der Waals surface area contributed by atoms with Gasteiger partial charge in [0.05, 0.1) is 16.4 Å². The lowest BCUT2D eigenvalue weighted by molar-refractivity contribution is 0.0713. The molecule has 1 amide bonds. The summed E-state index contributed by atoms with van der Waals surface area (Å²) in [7, 11) is 1.96. The third-order valence-corrected chi connectivity index (χ3v) is 6.31. The Hall–Kier alpha value is -1.95. The Bertz CT molecular complexity index is 833. The van der Waals surface area contributed by atoms with Crippen molar-refractivity contribution in [1.29, 1.82) is 0 Å². The highest BCUT2D eigenvalue weighted by Gasteiger charge is 2.26. The zero-order chi connectivity index (χ0) is 18.8. The molecule has 1 aliphatic carbocycles. The molecule has 26 heavy (non-hydrogen) atoms. The van der Waals surface area contributed by atoms with Crippen LogP contribution in [0.25, 0.3) is 0 Å². The maximum Gasteiger partial charge on any atom is 0.266 e. The summed E-state index contributed by atoms with van der Waals surface area (Å²) in [4.78, 5) is 20.6. The fraction of sp³-hybridized carbons (Fsp3) is 0.550. The molecule has 2 heterocycles. The number of aromatic nitrogens is 3. The molecular formula is C20H28N4OS. The van der Waals surface area contributed by atoms with Gasteiger partial charge in [0.1, 0.15) is 4.88 Å². The summed E-state index contributed by atoms with van der Waals surface area (Å²) in [6, 6.07) is 0. The van der Waals surface area contributed by atoms with Gasteiger partial charge >= 0.3 is 0 Å². The summed E-state index contributed by atoms with van der Waals surface area (Å²) < 4.78 is 1.90. The molecule has 0 aliphatic heterocycles. The van der Waals surface area contributed by atoms with E-state index in [0.29, 0.717) is 12.5 Å². The minimum Gasteiger partial charge on any atom is -0.333 e. The van der Waals surface area contributed by atoms with Crippen LogP contribution in [-0.4, -0.2) is 32.1 Å². The number of thiazole rings is 1. The molecule has 0 spiro atoms. The molecule has 0 radical (unpaired) electrons.